The molecule has 0 aromatic carbocycles. The molecule has 2 heterocycles. The van der Waals surface area contributed by atoms with E-state index in [0.29, 0.717) is 43.6 Å². The van der Waals surface area contributed by atoms with Crippen LogP contribution < -0.4 is 15.8 Å². The number of amides is 2. The number of pyridine rings is 1. The summed E-state index contributed by atoms with van der Waals surface area (Å²) >= 11 is 3.54. The van der Waals surface area contributed by atoms with Crippen molar-refractivity contribution in [3.63, 3.8) is 0 Å². The molecule has 8 nitrogen and oxygen atoms in total. The van der Waals surface area contributed by atoms with Crippen molar-refractivity contribution in [2.75, 3.05) is 31.2 Å². The monoisotopic (exact) mass is 440 g/mol. The van der Waals surface area contributed by atoms with Crippen LogP contribution in [-0.2, 0) is 9.47 Å². The molecule has 2 aliphatic rings. The average Bonchev–Trinajstić information content (AvgIpc) is 3.43. The molecule has 9 heteroatoms. The summed E-state index contributed by atoms with van der Waals surface area (Å²) in [6.07, 6.45) is 1.50. The molecule has 0 atom stereocenters. The van der Waals surface area contributed by atoms with Crippen LogP contribution >= 0.6 is 15.9 Å². The van der Waals surface area contributed by atoms with E-state index in [-0.39, 0.29) is 0 Å². The molecule has 2 fully saturated rings. The van der Waals surface area contributed by atoms with Crippen molar-refractivity contribution in [3.05, 3.63) is 21.8 Å². The first-order valence-corrected chi connectivity index (χ1v) is 9.86. The van der Waals surface area contributed by atoms with E-state index in [9.17, 15) is 9.59 Å². The molecule has 27 heavy (non-hydrogen) atoms. The SMILES string of the molecule is CC(C)(C)OC(=O)NNC(=O)c1cc(Br)c(C2CC2)nc1N1CCOCC1. The molecule has 1 aliphatic heterocycles. The van der Waals surface area contributed by atoms with Gasteiger partial charge in [0, 0.05) is 23.5 Å². The van der Waals surface area contributed by atoms with Crippen molar-refractivity contribution in [2.45, 2.75) is 45.1 Å². The number of hydrogen-bond donors (Lipinski definition) is 2. The summed E-state index contributed by atoms with van der Waals surface area (Å²) in [4.78, 5) is 31.4. The van der Waals surface area contributed by atoms with Gasteiger partial charge in [0.2, 0.25) is 0 Å². The Kier molecular flexibility index (Phi) is 5.90. The first kappa shape index (κ1) is 19.9. The molecular weight excluding hydrogens is 416 g/mol. The van der Waals surface area contributed by atoms with Gasteiger partial charge in [-0.3, -0.25) is 10.2 Å². The van der Waals surface area contributed by atoms with Gasteiger partial charge in [-0.1, -0.05) is 0 Å². The van der Waals surface area contributed by atoms with E-state index >= 15 is 0 Å². The van der Waals surface area contributed by atoms with Crippen LogP contribution in [-0.4, -0.2) is 48.9 Å². The highest BCUT2D eigenvalue weighted by atomic mass is 79.9. The number of rotatable bonds is 3. The minimum Gasteiger partial charge on any atom is -0.443 e. The van der Waals surface area contributed by atoms with E-state index in [1.165, 1.54) is 0 Å². The quantitative estimate of drug-likeness (QED) is 0.701. The van der Waals surface area contributed by atoms with Gasteiger partial charge in [0.25, 0.3) is 5.91 Å². The Morgan fingerprint density at radius 2 is 1.93 bits per heavy atom. The van der Waals surface area contributed by atoms with Crippen molar-refractivity contribution in [2.24, 2.45) is 0 Å². The number of hydrogen-bond acceptors (Lipinski definition) is 6. The molecule has 0 spiro atoms. The van der Waals surface area contributed by atoms with Gasteiger partial charge >= 0.3 is 6.09 Å². The number of anilines is 1. The molecular formula is C18H25BrN4O4. The highest BCUT2D eigenvalue weighted by Crippen LogP contribution is 2.43. The molecule has 0 unspecified atom stereocenters. The summed E-state index contributed by atoms with van der Waals surface area (Å²) in [5, 5.41) is 0. The summed E-state index contributed by atoms with van der Waals surface area (Å²) in [7, 11) is 0. The fourth-order valence-electron chi connectivity index (χ4n) is 2.80. The molecule has 1 aromatic heterocycles. The van der Waals surface area contributed by atoms with Gasteiger partial charge in [-0.15, -0.1) is 0 Å². The molecule has 1 aliphatic carbocycles. The average molecular weight is 441 g/mol. The maximum Gasteiger partial charge on any atom is 0.426 e. The van der Waals surface area contributed by atoms with Crippen LogP contribution in [0.4, 0.5) is 10.6 Å². The summed E-state index contributed by atoms with van der Waals surface area (Å²) < 4.78 is 11.4. The van der Waals surface area contributed by atoms with E-state index in [1.54, 1.807) is 26.8 Å². The topological polar surface area (TPSA) is 92.8 Å². The zero-order valence-corrected chi connectivity index (χ0v) is 17.4. The van der Waals surface area contributed by atoms with E-state index in [2.05, 4.69) is 26.8 Å². The number of ether oxygens (including phenoxy) is 2. The minimum absolute atomic E-state index is 0.393. The van der Waals surface area contributed by atoms with E-state index < -0.39 is 17.6 Å². The van der Waals surface area contributed by atoms with Crippen LogP contribution in [0.1, 0.15) is 55.6 Å². The fourth-order valence-corrected chi connectivity index (χ4v) is 3.44. The molecule has 1 saturated carbocycles. The third-order valence-corrected chi connectivity index (χ3v) is 4.81. The normalized spacial score (nSPS) is 17.4. The highest BCUT2D eigenvalue weighted by Gasteiger charge is 2.31. The van der Waals surface area contributed by atoms with Gasteiger partial charge in [0.1, 0.15) is 11.4 Å². The maximum absolute atomic E-state index is 12.7. The molecule has 1 saturated heterocycles. The Morgan fingerprint density at radius 1 is 1.26 bits per heavy atom. The lowest BCUT2D eigenvalue weighted by molar-refractivity contribution is 0.0483. The summed E-state index contributed by atoms with van der Waals surface area (Å²) in [6, 6.07) is 1.78. The zero-order valence-electron chi connectivity index (χ0n) is 15.8. The smallest absolute Gasteiger partial charge is 0.426 e. The van der Waals surface area contributed by atoms with Crippen LogP contribution in [0.15, 0.2) is 10.5 Å². The van der Waals surface area contributed by atoms with Gasteiger partial charge in [-0.05, 0) is 55.6 Å². The number of halogens is 1. The highest BCUT2D eigenvalue weighted by molar-refractivity contribution is 9.10. The number of morpholine rings is 1. The first-order valence-electron chi connectivity index (χ1n) is 9.07. The lowest BCUT2D eigenvalue weighted by atomic mass is 10.1. The fraction of sp³-hybridized carbons (Fsp3) is 0.611. The maximum atomic E-state index is 12.7. The second-order valence-corrected chi connectivity index (χ2v) is 8.54. The molecule has 3 rings (SSSR count). The molecule has 2 N–H and O–H groups in total. The van der Waals surface area contributed by atoms with Crippen LogP contribution in [0.3, 0.4) is 0 Å². The molecule has 0 bridgehead atoms. The second kappa shape index (κ2) is 8.02. The molecule has 148 valence electrons. The first-order chi connectivity index (χ1) is 12.7. The number of carbonyl (C=O) groups excluding carboxylic acids is 2. The third-order valence-electron chi connectivity index (χ3n) is 4.18. The third kappa shape index (κ3) is 5.32. The van der Waals surface area contributed by atoms with Crippen molar-refractivity contribution >= 4 is 33.7 Å². The van der Waals surface area contributed by atoms with Crippen LogP contribution in [0.5, 0.6) is 0 Å². The van der Waals surface area contributed by atoms with Gasteiger partial charge in [0.05, 0.1) is 24.5 Å². The number of aromatic nitrogens is 1. The van der Waals surface area contributed by atoms with Gasteiger partial charge in [0.15, 0.2) is 0 Å². The van der Waals surface area contributed by atoms with Crippen molar-refractivity contribution in [1.29, 1.82) is 0 Å². The van der Waals surface area contributed by atoms with Crippen LogP contribution in [0.25, 0.3) is 0 Å². The van der Waals surface area contributed by atoms with E-state index in [0.717, 1.165) is 23.0 Å². The number of hydrazine groups is 1. The van der Waals surface area contributed by atoms with E-state index in [1.807, 2.05) is 4.90 Å². The standard InChI is InChI=1S/C18H25BrN4O4/c1-18(2,3)27-17(25)22-21-16(24)12-10-13(19)14(11-4-5-11)20-15(12)23-6-8-26-9-7-23/h10-11H,4-9H2,1-3H3,(H,21,24)(H,22,25). The summed E-state index contributed by atoms with van der Waals surface area (Å²) in [5.74, 6) is 0.612. The van der Waals surface area contributed by atoms with Crippen LogP contribution in [0, 0.1) is 0 Å². The zero-order chi connectivity index (χ0) is 19.6. The Balaban J connectivity index is 1.79. The van der Waals surface area contributed by atoms with Crippen molar-refractivity contribution in [3.8, 4) is 0 Å². The van der Waals surface area contributed by atoms with Crippen molar-refractivity contribution in [1.82, 2.24) is 15.8 Å². The second-order valence-electron chi connectivity index (χ2n) is 7.68. The Hall–Kier alpha value is -1.87. The van der Waals surface area contributed by atoms with Gasteiger partial charge in [-0.2, -0.15) is 0 Å². The van der Waals surface area contributed by atoms with Gasteiger partial charge < -0.3 is 14.4 Å². The number of nitrogens with one attached hydrogen (secondary N) is 2. The largest absolute Gasteiger partial charge is 0.443 e. The van der Waals surface area contributed by atoms with E-state index in [4.69, 9.17) is 14.5 Å². The Labute approximate surface area is 167 Å². The lowest BCUT2D eigenvalue weighted by Crippen LogP contribution is -2.45. The predicted octanol–water partition coefficient (Wildman–Crippen LogP) is 2.73. The molecule has 2 amide bonds. The summed E-state index contributed by atoms with van der Waals surface area (Å²) in [5.41, 5.74) is 5.42. The van der Waals surface area contributed by atoms with Crippen LogP contribution in [0.2, 0.25) is 0 Å². The number of carbonyl (C=O) groups is 2. The Bertz CT molecular complexity index is 725. The predicted molar refractivity (Wildman–Crippen MR) is 104 cm³/mol. The minimum atomic E-state index is -0.717. The Morgan fingerprint density at radius 3 is 2.52 bits per heavy atom. The molecule has 0 radical (unpaired) electrons. The lowest BCUT2D eigenvalue weighted by Gasteiger charge is -2.30. The van der Waals surface area contributed by atoms with Gasteiger partial charge in [-0.25, -0.2) is 15.2 Å². The summed E-state index contributed by atoms with van der Waals surface area (Å²) in [6.45, 7) is 7.77. The van der Waals surface area contributed by atoms with Crippen molar-refractivity contribution < 1.29 is 19.1 Å². The number of nitrogens with zero attached hydrogens (tertiary/aromatic N) is 2. The molecule has 1 aromatic rings.